The molecule has 2 atom stereocenters. The van der Waals surface area contributed by atoms with Crippen LogP contribution in [0.1, 0.15) is 63.4 Å². The molecule has 3 aliphatic rings. The molecule has 7 nitrogen and oxygen atoms in total. The largest absolute Gasteiger partial charge is 0.335 e. The van der Waals surface area contributed by atoms with Crippen molar-refractivity contribution in [3.63, 3.8) is 0 Å². The van der Waals surface area contributed by atoms with Crippen molar-refractivity contribution >= 4 is 25.8 Å². The summed E-state index contributed by atoms with van der Waals surface area (Å²) in [6.45, 7) is 1.84. The standard InChI is InChI=1S/C22H32N2O5S2/c1-16-7-6-8-19(13-16)31(28,29)23-22(11-4-3-5-12-22)21(25)24-17-9-10-18(24)15-20(14-17)30(2,26)27/h6-8,13,17-18,20,23H,3-5,9-12,14-15H2,1-2H3. The average molecular weight is 469 g/mol. The molecular formula is C22H32N2O5S2. The second-order valence-corrected chi connectivity index (χ2v) is 13.6. The highest BCUT2D eigenvalue weighted by molar-refractivity contribution is 7.91. The first-order chi connectivity index (χ1) is 14.5. The fraction of sp³-hybridized carbons (Fsp3) is 0.682. The first kappa shape index (κ1) is 22.7. The van der Waals surface area contributed by atoms with E-state index in [2.05, 4.69) is 4.72 Å². The Balaban J connectivity index is 1.63. The van der Waals surface area contributed by atoms with E-state index in [1.165, 1.54) is 6.26 Å². The molecule has 2 bridgehead atoms. The third-order valence-electron chi connectivity index (χ3n) is 7.28. The van der Waals surface area contributed by atoms with Gasteiger partial charge in [0.25, 0.3) is 0 Å². The lowest BCUT2D eigenvalue weighted by Gasteiger charge is -2.45. The van der Waals surface area contributed by atoms with E-state index in [1.807, 2.05) is 17.9 Å². The van der Waals surface area contributed by atoms with Crippen molar-refractivity contribution in [1.82, 2.24) is 9.62 Å². The van der Waals surface area contributed by atoms with Gasteiger partial charge in [0.05, 0.1) is 10.1 Å². The normalized spacial score (nSPS) is 28.5. The highest BCUT2D eigenvalue weighted by Gasteiger charge is 2.53. The van der Waals surface area contributed by atoms with Gasteiger partial charge in [0, 0.05) is 18.3 Å². The van der Waals surface area contributed by atoms with Crippen molar-refractivity contribution in [1.29, 1.82) is 0 Å². The molecule has 1 amide bonds. The van der Waals surface area contributed by atoms with Gasteiger partial charge in [-0.1, -0.05) is 31.4 Å². The summed E-state index contributed by atoms with van der Waals surface area (Å²) in [4.78, 5) is 15.9. The molecule has 1 aliphatic carbocycles. The summed E-state index contributed by atoms with van der Waals surface area (Å²) in [6.07, 6.45) is 7.23. The molecule has 2 aliphatic heterocycles. The van der Waals surface area contributed by atoms with Crippen LogP contribution in [0.3, 0.4) is 0 Å². The topological polar surface area (TPSA) is 101 Å². The Morgan fingerprint density at radius 2 is 1.65 bits per heavy atom. The summed E-state index contributed by atoms with van der Waals surface area (Å²) in [5, 5.41) is -0.416. The SMILES string of the molecule is Cc1cccc(S(=O)(=O)NC2(C(=O)N3C4CCC3CC(S(C)(=O)=O)C4)CCCCC2)c1. The van der Waals surface area contributed by atoms with Crippen LogP contribution in [0, 0.1) is 6.92 Å². The monoisotopic (exact) mass is 468 g/mol. The van der Waals surface area contributed by atoms with Crippen molar-refractivity contribution in [2.75, 3.05) is 6.26 Å². The predicted molar refractivity (Wildman–Crippen MR) is 119 cm³/mol. The summed E-state index contributed by atoms with van der Waals surface area (Å²) >= 11 is 0. The van der Waals surface area contributed by atoms with E-state index in [0.29, 0.717) is 25.7 Å². The third-order valence-corrected chi connectivity index (χ3v) is 10.4. The van der Waals surface area contributed by atoms with Gasteiger partial charge >= 0.3 is 0 Å². The highest BCUT2D eigenvalue weighted by atomic mass is 32.2. The van der Waals surface area contributed by atoms with Crippen LogP contribution in [0.25, 0.3) is 0 Å². The number of hydrogen-bond donors (Lipinski definition) is 1. The van der Waals surface area contributed by atoms with Crippen LogP contribution >= 0.6 is 0 Å². The van der Waals surface area contributed by atoms with E-state index in [-0.39, 0.29) is 22.9 Å². The lowest BCUT2D eigenvalue weighted by molar-refractivity contribution is -0.143. The van der Waals surface area contributed by atoms with Crippen LogP contribution in [0.4, 0.5) is 0 Å². The van der Waals surface area contributed by atoms with Crippen molar-refractivity contribution in [3.05, 3.63) is 29.8 Å². The minimum Gasteiger partial charge on any atom is -0.335 e. The van der Waals surface area contributed by atoms with E-state index >= 15 is 0 Å². The molecule has 1 N–H and O–H groups in total. The summed E-state index contributed by atoms with van der Waals surface area (Å²) in [6, 6.07) is 6.45. The summed E-state index contributed by atoms with van der Waals surface area (Å²) in [7, 11) is -7.03. The number of hydrogen-bond acceptors (Lipinski definition) is 5. The maximum absolute atomic E-state index is 13.9. The van der Waals surface area contributed by atoms with Crippen LogP contribution < -0.4 is 4.72 Å². The predicted octanol–water partition coefficient (Wildman–Crippen LogP) is 2.54. The van der Waals surface area contributed by atoms with E-state index in [9.17, 15) is 21.6 Å². The van der Waals surface area contributed by atoms with Gasteiger partial charge in [-0.2, -0.15) is 4.72 Å². The third kappa shape index (κ3) is 4.41. The van der Waals surface area contributed by atoms with Crippen molar-refractivity contribution in [2.45, 2.75) is 92.5 Å². The molecule has 2 heterocycles. The second kappa shape index (κ2) is 8.15. The van der Waals surface area contributed by atoms with Crippen LogP contribution in [-0.2, 0) is 24.7 Å². The number of aryl methyl sites for hydroxylation is 1. The van der Waals surface area contributed by atoms with Crippen LogP contribution in [0.5, 0.6) is 0 Å². The quantitative estimate of drug-likeness (QED) is 0.716. The number of piperidine rings is 1. The molecule has 9 heteroatoms. The Bertz CT molecular complexity index is 1050. The number of fused-ring (bicyclic) bond motifs is 2. The first-order valence-electron chi connectivity index (χ1n) is 11.1. The smallest absolute Gasteiger partial charge is 0.244 e. The van der Waals surface area contributed by atoms with Gasteiger partial charge in [-0.15, -0.1) is 0 Å². The first-order valence-corrected chi connectivity index (χ1v) is 14.6. The van der Waals surface area contributed by atoms with E-state index in [4.69, 9.17) is 0 Å². The Kier molecular flexibility index (Phi) is 5.98. The lowest BCUT2D eigenvalue weighted by atomic mass is 9.80. The van der Waals surface area contributed by atoms with Gasteiger partial charge in [-0.25, -0.2) is 16.8 Å². The van der Waals surface area contributed by atoms with Crippen molar-refractivity contribution in [3.8, 4) is 0 Å². The van der Waals surface area contributed by atoms with Gasteiger partial charge in [0.15, 0.2) is 0 Å². The molecule has 2 unspecified atom stereocenters. The average Bonchev–Trinajstić information content (AvgIpc) is 2.95. The molecule has 1 saturated carbocycles. The minimum atomic E-state index is -3.87. The number of sulfonamides is 1. The molecular weight excluding hydrogens is 436 g/mol. The zero-order valence-corrected chi connectivity index (χ0v) is 19.8. The molecule has 3 fully saturated rings. The Hall–Kier alpha value is -1.45. The Morgan fingerprint density at radius 3 is 2.19 bits per heavy atom. The maximum Gasteiger partial charge on any atom is 0.244 e. The van der Waals surface area contributed by atoms with Gasteiger partial charge in [-0.3, -0.25) is 4.79 Å². The molecule has 2 saturated heterocycles. The number of benzene rings is 1. The molecule has 172 valence electrons. The molecule has 0 radical (unpaired) electrons. The highest BCUT2D eigenvalue weighted by Crippen LogP contribution is 2.42. The molecule has 1 aromatic rings. The van der Waals surface area contributed by atoms with E-state index in [0.717, 1.165) is 37.7 Å². The molecule has 31 heavy (non-hydrogen) atoms. The van der Waals surface area contributed by atoms with Gasteiger partial charge in [0.1, 0.15) is 15.4 Å². The number of amides is 1. The number of carbonyl (C=O) groups excluding carboxylic acids is 1. The molecule has 1 aromatic carbocycles. The fourth-order valence-corrected chi connectivity index (χ4v) is 8.33. The number of nitrogens with zero attached hydrogens (tertiary/aromatic N) is 1. The van der Waals surface area contributed by atoms with Crippen LogP contribution in [0.15, 0.2) is 29.2 Å². The molecule has 0 spiro atoms. The van der Waals surface area contributed by atoms with E-state index in [1.54, 1.807) is 18.2 Å². The van der Waals surface area contributed by atoms with Crippen molar-refractivity contribution in [2.24, 2.45) is 0 Å². The number of carbonyl (C=O) groups is 1. The zero-order valence-electron chi connectivity index (χ0n) is 18.2. The number of nitrogens with one attached hydrogen (secondary N) is 1. The summed E-state index contributed by atoms with van der Waals surface area (Å²) < 4.78 is 53.6. The van der Waals surface area contributed by atoms with Crippen LogP contribution in [-0.4, -0.2) is 56.8 Å². The fourth-order valence-electron chi connectivity index (χ4n) is 5.67. The van der Waals surface area contributed by atoms with Crippen LogP contribution in [0.2, 0.25) is 0 Å². The Morgan fingerprint density at radius 1 is 1.03 bits per heavy atom. The van der Waals surface area contributed by atoms with Crippen molar-refractivity contribution < 1.29 is 21.6 Å². The van der Waals surface area contributed by atoms with Gasteiger partial charge in [-0.05, 0) is 63.1 Å². The summed E-state index contributed by atoms with van der Waals surface area (Å²) in [5.41, 5.74) is -0.313. The minimum absolute atomic E-state index is 0.131. The number of sulfone groups is 1. The number of rotatable bonds is 5. The lowest BCUT2D eigenvalue weighted by Crippen LogP contribution is -2.64. The zero-order chi connectivity index (χ0) is 22.4. The van der Waals surface area contributed by atoms with Gasteiger partial charge in [0.2, 0.25) is 15.9 Å². The van der Waals surface area contributed by atoms with E-state index < -0.39 is 30.6 Å². The van der Waals surface area contributed by atoms with Gasteiger partial charge < -0.3 is 4.90 Å². The second-order valence-electron chi connectivity index (χ2n) is 9.59. The molecule has 4 rings (SSSR count). The Labute approximate surface area is 185 Å². The maximum atomic E-state index is 13.9. The molecule has 0 aromatic heterocycles. The summed E-state index contributed by atoms with van der Waals surface area (Å²) in [5.74, 6) is -0.164.